The Hall–Kier alpha value is -1.63. The summed E-state index contributed by atoms with van der Waals surface area (Å²) in [6, 6.07) is 7.69. The zero-order valence-corrected chi connectivity index (χ0v) is 10.3. The van der Waals surface area contributed by atoms with Gasteiger partial charge in [-0.25, -0.2) is 4.98 Å². The summed E-state index contributed by atoms with van der Waals surface area (Å²) in [6.07, 6.45) is 0. The second-order valence-corrected chi connectivity index (χ2v) is 4.24. The Morgan fingerprint density at radius 3 is 2.76 bits per heavy atom. The lowest BCUT2D eigenvalue weighted by Crippen LogP contribution is -2.20. The van der Waals surface area contributed by atoms with Crippen LogP contribution in [-0.2, 0) is 6.54 Å². The van der Waals surface area contributed by atoms with Crippen molar-refractivity contribution in [2.45, 2.75) is 6.54 Å². The van der Waals surface area contributed by atoms with E-state index in [1.807, 2.05) is 29.6 Å². The summed E-state index contributed by atoms with van der Waals surface area (Å²) in [6.45, 7) is 0.570. The molecule has 1 aromatic carbocycles. The van der Waals surface area contributed by atoms with Crippen molar-refractivity contribution >= 4 is 22.2 Å². The number of rotatable bonds is 5. The fourth-order valence-electron chi connectivity index (χ4n) is 1.35. The molecule has 17 heavy (non-hydrogen) atoms. The Morgan fingerprint density at radius 2 is 2.12 bits per heavy atom. The highest BCUT2D eigenvalue weighted by Gasteiger charge is 2.01. The quantitative estimate of drug-likeness (QED) is 0.558. The number of thiazole rings is 1. The van der Waals surface area contributed by atoms with E-state index in [-0.39, 0.29) is 0 Å². The lowest BCUT2D eigenvalue weighted by Gasteiger charge is -2.03. The van der Waals surface area contributed by atoms with Crippen molar-refractivity contribution in [3.05, 3.63) is 35.3 Å². The molecule has 6 heteroatoms. The lowest BCUT2D eigenvalue weighted by atomic mass is 10.3. The molecule has 2 rings (SSSR count). The summed E-state index contributed by atoms with van der Waals surface area (Å²) < 4.78 is 5.09. The molecular weight excluding hydrogens is 236 g/mol. The second-order valence-electron chi connectivity index (χ2n) is 3.38. The van der Waals surface area contributed by atoms with Gasteiger partial charge in [0.2, 0.25) is 0 Å². The average molecular weight is 250 g/mol. The summed E-state index contributed by atoms with van der Waals surface area (Å²) in [4.78, 5) is 4.37. The van der Waals surface area contributed by atoms with Gasteiger partial charge in [0.15, 0.2) is 5.13 Å². The van der Waals surface area contributed by atoms with Gasteiger partial charge in [-0.2, -0.15) is 0 Å². The minimum Gasteiger partial charge on any atom is -0.497 e. The fourth-order valence-corrected chi connectivity index (χ4v) is 2.08. The number of benzene rings is 1. The van der Waals surface area contributed by atoms with E-state index in [9.17, 15) is 0 Å². The highest BCUT2D eigenvalue weighted by atomic mass is 32.1. The van der Waals surface area contributed by atoms with Gasteiger partial charge in [-0.3, -0.25) is 11.3 Å². The van der Waals surface area contributed by atoms with E-state index in [0.717, 1.165) is 22.3 Å². The molecule has 0 atom stereocenters. The minimum absolute atomic E-state index is 0.570. The van der Waals surface area contributed by atoms with Crippen LogP contribution in [0.2, 0.25) is 0 Å². The van der Waals surface area contributed by atoms with Gasteiger partial charge in [0.1, 0.15) is 5.75 Å². The zero-order valence-electron chi connectivity index (χ0n) is 9.43. The van der Waals surface area contributed by atoms with Crippen molar-refractivity contribution < 1.29 is 4.74 Å². The van der Waals surface area contributed by atoms with Gasteiger partial charge in [0.05, 0.1) is 19.3 Å². The van der Waals surface area contributed by atoms with E-state index in [1.165, 1.54) is 0 Å². The maximum atomic E-state index is 5.23. The average Bonchev–Trinajstić information content (AvgIpc) is 2.78. The third kappa shape index (κ3) is 3.16. The first-order valence-corrected chi connectivity index (χ1v) is 5.98. The van der Waals surface area contributed by atoms with Crippen LogP contribution in [0, 0.1) is 0 Å². The number of nitrogens with two attached hydrogens (primary N) is 1. The number of nitrogens with one attached hydrogen (secondary N) is 2. The largest absolute Gasteiger partial charge is 0.497 e. The first-order chi connectivity index (χ1) is 8.31. The van der Waals surface area contributed by atoms with Crippen LogP contribution in [0.1, 0.15) is 5.69 Å². The van der Waals surface area contributed by atoms with Crippen molar-refractivity contribution in [3.63, 3.8) is 0 Å². The monoisotopic (exact) mass is 250 g/mol. The van der Waals surface area contributed by atoms with Crippen LogP contribution in [0.3, 0.4) is 0 Å². The summed E-state index contributed by atoms with van der Waals surface area (Å²) >= 11 is 1.55. The van der Waals surface area contributed by atoms with Gasteiger partial charge in [-0.15, -0.1) is 11.3 Å². The van der Waals surface area contributed by atoms with Crippen LogP contribution in [0.5, 0.6) is 5.75 Å². The molecule has 0 aliphatic heterocycles. The molecule has 0 saturated heterocycles. The SMILES string of the molecule is COc1ccc(Nc2nc(CNN)cs2)cc1. The van der Waals surface area contributed by atoms with Crippen molar-refractivity contribution in [3.8, 4) is 5.75 Å². The number of hydrogen-bond donors (Lipinski definition) is 3. The molecule has 5 nitrogen and oxygen atoms in total. The molecule has 4 N–H and O–H groups in total. The molecule has 0 saturated carbocycles. The van der Waals surface area contributed by atoms with Crippen LogP contribution < -0.4 is 21.3 Å². The van der Waals surface area contributed by atoms with Crippen molar-refractivity contribution in [2.75, 3.05) is 12.4 Å². The molecule has 1 aromatic heterocycles. The standard InChI is InChI=1S/C11H14N4OS/c1-16-10-4-2-8(3-5-10)14-11-15-9(6-13-12)7-17-11/h2-5,7,13H,6,12H2,1H3,(H,14,15). The Morgan fingerprint density at radius 1 is 1.35 bits per heavy atom. The lowest BCUT2D eigenvalue weighted by molar-refractivity contribution is 0.415. The third-order valence-electron chi connectivity index (χ3n) is 2.18. The van der Waals surface area contributed by atoms with E-state index in [1.54, 1.807) is 18.4 Å². The van der Waals surface area contributed by atoms with Gasteiger partial charge in [-0.05, 0) is 24.3 Å². The molecule has 0 spiro atoms. The van der Waals surface area contributed by atoms with Gasteiger partial charge in [-0.1, -0.05) is 0 Å². The Bertz CT molecular complexity index is 469. The van der Waals surface area contributed by atoms with E-state index in [0.29, 0.717) is 6.54 Å². The van der Waals surface area contributed by atoms with Gasteiger partial charge in [0, 0.05) is 11.1 Å². The van der Waals surface area contributed by atoms with Crippen LogP contribution in [0.15, 0.2) is 29.6 Å². The Kier molecular flexibility index (Phi) is 3.92. The number of methoxy groups -OCH3 is 1. The minimum atomic E-state index is 0.570. The number of hydrogen-bond acceptors (Lipinski definition) is 6. The third-order valence-corrected chi connectivity index (χ3v) is 2.98. The summed E-state index contributed by atoms with van der Waals surface area (Å²) in [7, 11) is 1.65. The number of hydrazine groups is 1. The normalized spacial score (nSPS) is 10.2. The van der Waals surface area contributed by atoms with Crippen LogP contribution in [0.25, 0.3) is 0 Å². The maximum Gasteiger partial charge on any atom is 0.187 e. The second kappa shape index (κ2) is 5.62. The summed E-state index contributed by atoms with van der Waals surface area (Å²) in [5.41, 5.74) is 4.48. The number of anilines is 2. The first-order valence-electron chi connectivity index (χ1n) is 5.11. The number of nitrogens with zero attached hydrogens (tertiary/aromatic N) is 1. The molecule has 0 aliphatic rings. The summed E-state index contributed by atoms with van der Waals surface area (Å²) in [5.74, 6) is 6.07. The number of ether oxygens (including phenoxy) is 1. The van der Waals surface area contributed by atoms with Gasteiger partial charge in [0.25, 0.3) is 0 Å². The molecule has 0 bridgehead atoms. The molecule has 1 heterocycles. The molecular formula is C11H14N4OS. The first kappa shape index (κ1) is 11.8. The molecule has 0 fully saturated rings. The van der Waals surface area contributed by atoms with Crippen LogP contribution in [-0.4, -0.2) is 12.1 Å². The molecule has 90 valence electrons. The zero-order chi connectivity index (χ0) is 12.1. The van der Waals surface area contributed by atoms with E-state index in [2.05, 4.69) is 15.7 Å². The van der Waals surface area contributed by atoms with Crippen molar-refractivity contribution in [1.29, 1.82) is 0 Å². The molecule has 0 amide bonds. The molecule has 0 aliphatic carbocycles. The molecule has 0 radical (unpaired) electrons. The molecule has 0 unspecified atom stereocenters. The molecule has 2 aromatic rings. The predicted octanol–water partition coefficient (Wildman–Crippen LogP) is 1.86. The van der Waals surface area contributed by atoms with Crippen LogP contribution >= 0.6 is 11.3 Å². The van der Waals surface area contributed by atoms with Crippen molar-refractivity contribution in [1.82, 2.24) is 10.4 Å². The predicted molar refractivity (Wildman–Crippen MR) is 69.4 cm³/mol. The maximum absolute atomic E-state index is 5.23. The van der Waals surface area contributed by atoms with E-state index in [4.69, 9.17) is 10.6 Å². The van der Waals surface area contributed by atoms with Gasteiger partial charge < -0.3 is 10.1 Å². The summed E-state index contributed by atoms with van der Waals surface area (Å²) in [5, 5.41) is 6.03. The number of aromatic nitrogens is 1. The van der Waals surface area contributed by atoms with E-state index >= 15 is 0 Å². The van der Waals surface area contributed by atoms with E-state index < -0.39 is 0 Å². The topological polar surface area (TPSA) is 72.2 Å². The fraction of sp³-hybridized carbons (Fsp3) is 0.182. The van der Waals surface area contributed by atoms with Crippen LogP contribution in [0.4, 0.5) is 10.8 Å². The highest BCUT2D eigenvalue weighted by Crippen LogP contribution is 2.22. The smallest absolute Gasteiger partial charge is 0.187 e. The highest BCUT2D eigenvalue weighted by molar-refractivity contribution is 7.13. The Balaban J connectivity index is 2.03. The Labute approximate surface area is 104 Å². The van der Waals surface area contributed by atoms with Crippen molar-refractivity contribution in [2.24, 2.45) is 5.84 Å². The van der Waals surface area contributed by atoms with Gasteiger partial charge >= 0.3 is 0 Å².